The maximum Gasteiger partial charge on any atom is 0.246 e. The maximum atomic E-state index is 12.3. The topological polar surface area (TPSA) is 38.1 Å². The Hall–Kier alpha value is -2.36. The van der Waals surface area contributed by atoms with Gasteiger partial charge in [0.2, 0.25) is 5.91 Å². The summed E-state index contributed by atoms with van der Waals surface area (Å²) in [6.07, 6.45) is 4.51. The second kappa shape index (κ2) is 7.27. The summed E-state index contributed by atoms with van der Waals surface area (Å²) >= 11 is 0. The zero-order chi connectivity index (χ0) is 17.0. The Balaban J connectivity index is 2.03. The van der Waals surface area contributed by atoms with Crippen molar-refractivity contribution in [3.05, 3.63) is 58.4 Å². The number of aromatic nitrogens is 2. The summed E-state index contributed by atoms with van der Waals surface area (Å²) in [7, 11) is 3.73. The van der Waals surface area contributed by atoms with Gasteiger partial charge in [0, 0.05) is 38.0 Å². The molecule has 0 spiro atoms. The van der Waals surface area contributed by atoms with Crippen molar-refractivity contribution in [2.24, 2.45) is 7.05 Å². The van der Waals surface area contributed by atoms with Crippen LogP contribution in [0, 0.1) is 13.8 Å². The Kier molecular flexibility index (Phi) is 5.37. The molecule has 1 aromatic heterocycles. The number of likely N-dealkylation sites (N-methyl/N-ethyl adjacent to an activating group) is 1. The lowest BCUT2D eigenvalue weighted by atomic mass is 10.1. The fourth-order valence-corrected chi connectivity index (χ4v) is 2.55. The summed E-state index contributed by atoms with van der Waals surface area (Å²) in [5.41, 5.74) is 5.46. The van der Waals surface area contributed by atoms with Gasteiger partial charge in [-0.3, -0.25) is 9.48 Å². The van der Waals surface area contributed by atoms with Gasteiger partial charge in [0.25, 0.3) is 0 Å². The Bertz CT molecular complexity index is 711. The average molecular weight is 311 g/mol. The largest absolute Gasteiger partial charge is 0.338 e. The molecule has 0 saturated carbocycles. The number of hydrogen-bond acceptors (Lipinski definition) is 2. The van der Waals surface area contributed by atoms with E-state index in [0.717, 1.165) is 28.9 Å². The lowest BCUT2D eigenvalue weighted by molar-refractivity contribution is -0.125. The van der Waals surface area contributed by atoms with Crippen molar-refractivity contribution >= 4 is 12.0 Å². The molecule has 0 aliphatic carbocycles. The van der Waals surface area contributed by atoms with Crippen LogP contribution in [-0.2, 0) is 24.8 Å². The molecule has 23 heavy (non-hydrogen) atoms. The standard InChI is InChI=1S/C19H25N3O/c1-6-16-7-9-17(10-8-16)13-21(4)19(23)12-11-18-14(2)20-22(5)15(18)3/h7-12H,6,13H2,1-5H3/b12-11+. The normalized spacial score (nSPS) is 11.2. The van der Waals surface area contributed by atoms with Gasteiger partial charge >= 0.3 is 0 Å². The van der Waals surface area contributed by atoms with Crippen molar-refractivity contribution < 1.29 is 4.79 Å². The van der Waals surface area contributed by atoms with Crippen molar-refractivity contribution in [3.63, 3.8) is 0 Å². The highest BCUT2D eigenvalue weighted by atomic mass is 16.2. The number of amides is 1. The van der Waals surface area contributed by atoms with Gasteiger partial charge in [-0.25, -0.2) is 0 Å². The Morgan fingerprint density at radius 3 is 2.35 bits per heavy atom. The number of benzene rings is 1. The first kappa shape index (κ1) is 17.0. The van der Waals surface area contributed by atoms with Gasteiger partial charge in [0.05, 0.1) is 5.69 Å². The van der Waals surface area contributed by atoms with Gasteiger partial charge in [0.1, 0.15) is 0 Å². The minimum atomic E-state index is -0.00720. The molecule has 0 aliphatic heterocycles. The molecule has 0 fully saturated rings. The van der Waals surface area contributed by atoms with Gasteiger partial charge in [-0.2, -0.15) is 5.10 Å². The van der Waals surface area contributed by atoms with E-state index in [1.165, 1.54) is 5.56 Å². The Labute approximate surface area is 138 Å². The van der Waals surface area contributed by atoms with Crippen LogP contribution in [0.3, 0.4) is 0 Å². The third-order valence-electron chi connectivity index (χ3n) is 4.18. The highest BCUT2D eigenvalue weighted by molar-refractivity contribution is 5.91. The fraction of sp³-hybridized carbons (Fsp3) is 0.368. The van der Waals surface area contributed by atoms with Crippen LogP contribution in [0.2, 0.25) is 0 Å². The molecule has 1 aromatic carbocycles. The third kappa shape index (κ3) is 4.09. The van der Waals surface area contributed by atoms with E-state index in [9.17, 15) is 4.79 Å². The van der Waals surface area contributed by atoms with Gasteiger partial charge in [-0.1, -0.05) is 31.2 Å². The van der Waals surface area contributed by atoms with Crippen LogP contribution >= 0.6 is 0 Å². The molecule has 0 unspecified atom stereocenters. The predicted molar refractivity (Wildman–Crippen MR) is 94.0 cm³/mol. The number of carbonyl (C=O) groups is 1. The summed E-state index contributed by atoms with van der Waals surface area (Å²) in [5, 5.41) is 4.36. The highest BCUT2D eigenvalue weighted by Crippen LogP contribution is 2.14. The molecule has 122 valence electrons. The molecule has 0 N–H and O–H groups in total. The zero-order valence-electron chi connectivity index (χ0n) is 14.6. The number of hydrogen-bond donors (Lipinski definition) is 0. The SMILES string of the molecule is CCc1ccc(CN(C)C(=O)/C=C/c2c(C)nn(C)c2C)cc1. The number of carbonyl (C=O) groups excluding carboxylic acids is 1. The van der Waals surface area contributed by atoms with Crippen molar-refractivity contribution in [1.29, 1.82) is 0 Å². The zero-order valence-corrected chi connectivity index (χ0v) is 14.6. The minimum Gasteiger partial charge on any atom is -0.338 e. The first-order valence-electron chi connectivity index (χ1n) is 7.93. The van der Waals surface area contributed by atoms with E-state index in [-0.39, 0.29) is 5.91 Å². The fourth-order valence-electron chi connectivity index (χ4n) is 2.55. The van der Waals surface area contributed by atoms with Gasteiger partial charge in [-0.15, -0.1) is 0 Å². The second-order valence-electron chi connectivity index (χ2n) is 5.91. The molecule has 1 heterocycles. The van der Waals surface area contributed by atoms with E-state index in [0.29, 0.717) is 6.54 Å². The molecular formula is C19H25N3O. The van der Waals surface area contributed by atoms with Crippen LogP contribution in [0.1, 0.15) is 35.0 Å². The Morgan fingerprint density at radius 1 is 1.22 bits per heavy atom. The molecule has 2 rings (SSSR count). The van der Waals surface area contributed by atoms with E-state index in [2.05, 4.69) is 36.3 Å². The quantitative estimate of drug-likeness (QED) is 0.795. The number of rotatable bonds is 5. The second-order valence-corrected chi connectivity index (χ2v) is 5.91. The van der Waals surface area contributed by atoms with Crippen LogP contribution in [0.5, 0.6) is 0 Å². The molecule has 0 radical (unpaired) electrons. The molecule has 1 amide bonds. The first-order chi connectivity index (χ1) is 10.9. The Morgan fingerprint density at radius 2 is 1.83 bits per heavy atom. The smallest absolute Gasteiger partial charge is 0.246 e. The summed E-state index contributed by atoms with van der Waals surface area (Å²) in [4.78, 5) is 14.0. The third-order valence-corrected chi connectivity index (χ3v) is 4.18. The molecule has 0 aliphatic rings. The molecule has 0 atom stereocenters. The van der Waals surface area contributed by atoms with Crippen molar-refractivity contribution in [2.75, 3.05) is 7.05 Å². The van der Waals surface area contributed by atoms with Crippen molar-refractivity contribution in [1.82, 2.24) is 14.7 Å². The van der Waals surface area contributed by atoms with Crippen LogP contribution in [0.25, 0.3) is 6.08 Å². The van der Waals surface area contributed by atoms with Gasteiger partial charge < -0.3 is 4.90 Å². The van der Waals surface area contributed by atoms with Crippen molar-refractivity contribution in [2.45, 2.75) is 33.7 Å². The molecular weight excluding hydrogens is 286 g/mol. The monoisotopic (exact) mass is 311 g/mol. The van der Waals surface area contributed by atoms with Gasteiger partial charge in [-0.05, 0) is 37.5 Å². The molecule has 2 aromatic rings. The van der Waals surface area contributed by atoms with Crippen LogP contribution in [-0.4, -0.2) is 27.6 Å². The lowest BCUT2D eigenvalue weighted by Gasteiger charge is -2.15. The number of nitrogens with zero attached hydrogens (tertiary/aromatic N) is 3. The van der Waals surface area contributed by atoms with Crippen LogP contribution < -0.4 is 0 Å². The van der Waals surface area contributed by atoms with Gasteiger partial charge in [0.15, 0.2) is 0 Å². The lowest BCUT2D eigenvalue weighted by Crippen LogP contribution is -2.24. The first-order valence-corrected chi connectivity index (χ1v) is 7.93. The molecule has 0 saturated heterocycles. The highest BCUT2D eigenvalue weighted by Gasteiger charge is 2.09. The predicted octanol–water partition coefficient (Wildman–Crippen LogP) is 3.27. The molecule has 4 nitrogen and oxygen atoms in total. The van der Waals surface area contributed by atoms with E-state index >= 15 is 0 Å². The van der Waals surface area contributed by atoms with Crippen LogP contribution in [0.4, 0.5) is 0 Å². The minimum absolute atomic E-state index is 0.00720. The van der Waals surface area contributed by atoms with E-state index in [1.54, 1.807) is 11.0 Å². The summed E-state index contributed by atoms with van der Waals surface area (Å²) in [6.45, 7) is 6.70. The van der Waals surface area contributed by atoms with E-state index < -0.39 is 0 Å². The van der Waals surface area contributed by atoms with Crippen molar-refractivity contribution in [3.8, 4) is 0 Å². The van der Waals surface area contributed by atoms with E-state index in [4.69, 9.17) is 0 Å². The molecule has 0 bridgehead atoms. The van der Waals surface area contributed by atoms with Crippen LogP contribution in [0.15, 0.2) is 30.3 Å². The summed E-state index contributed by atoms with van der Waals surface area (Å²) in [5.74, 6) is -0.00720. The summed E-state index contributed by atoms with van der Waals surface area (Å²) in [6, 6.07) is 8.40. The maximum absolute atomic E-state index is 12.3. The number of aryl methyl sites for hydroxylation is 3. The van der Waals surface area contributed by atoms with E-state index in [1.807, 2.05) is 38.7 Å². The molecule has 4 heteroatoms. The average Bonchev–Trinajstić information content (AvgIpc) is 2.78. The summed E-state index contributed by atoms with van der Waals surface area (Å²) < 4.78 is 1.83.